The molecule has 3 nitrogen and oxygen atoms in total. The first kappa shape index (κ1) is 11.0. The molecule has 3 heteroatoms. The van der Waals surface area contributed by atoms with Crippen LogP contribution in [0.4, 0.5) is 0 Å². The maximum atomic E-state index is 9.73. The normalized spacial score (nSPS) is 20.2. The monoisotopic (exact) mass is 219 g/mol. The third-order valence-electron chi connectivity index (χ3n) is 3.19. The number of aromatic hydroxyl groups is 1. The molecular formula is C13H17NO2. The molecule has 1 unspecified atom stereocenters. The Hall–Kier alpha value is -1.48. The van der Waals surface area contributed by atoms with Crippen molar-refractivity contribution >= 4 is 0 Å². The number of hydrogen-bond acceptors (Lipinski definition) is 3. The van der Waals surface area contributed by atoms with E-state index in [-0.39, 0.29) is 11.8 Å². The molecule has 1 aromatic rings. The van der Waals surface area contributed by atoms with E-state index in [0.717, 1.165) is 13.0 Å². The Bertz CT molecular complexity index is 415. The highest BCUT2D eigenvalue weighted by Gasteiger charge is 2.23. The van der Waals surface area contributed by atoms with E-state index in [2.05, 4.69) is 18.5 Å². The second kappa shape index (κ2) is 4.18. The Morgan fingerprint density at radius 2 is 2.31 bits per heavy atom. The van der Waals surface area contributed by atoms with Crippen molar-refractivity contribution in [1.82, 2.24) is 4.90 Å². The van der Waals surface area contributed by atoms with Crippen LogP contribution in [0, 0.1) is 0 Å². The number of fused-ring (bicyclic) bond motifs is 1. The molecule has 2 rings (SSSR count). The van der Waals surface area contributed by atoms with Gasteiger partial charge in [0.25, 0.3) is 0 Å². The molecule has 0 bridgehead atoms. The van der Waals surface area contributed by atoms with E-state index in [4.69, 9.17) is 4.74 Å². The number of nitrogens with zero attached hydrogens (tertiary/aromatic N) is 1. The van der Waals surface area contributed by atoms with Gasteiger partial charge in [0.2, 0.25) is 0 Å². The first-order chi connectivity index (χ1) is 7.67. The lowest BCUT2D eigenvalue weighted by Crippen LogP contribution is -2.30. The molecule has 1 aliphatic heterocycles. The quantitative estimate of drug-likeness (QED) is 0.773. The molecule has 0 amide bonds. The zero-order valence-electron chi connectivity index (χ0n) is 9.73. The molecule has 0 aromatic heterocycles. The highest BCUT2D eigenvalue weighted by atomic mass is 16.5. The molecule has 1 heterocycles. The molecule has 86 valence electrons. The minimum Gasteiger partial charge on any atom is -0.504 e. The van der Waals surface area contributed by atoms with Gasteiger partial charge >= 0.3 is 0 Å². The van der Waals surface area contributed by atoms with E-state index in [1.54, 1.807) is 13.2 Å². The largest absolute Gasteiger partial charge is 0.504 e. The van der Waals surface area contributed by atoms with Gasteiger partial charge in [0, 0.05) is 6.54 Å². The fourth-order valence-electron chi connectivity index (χ4n) is 2.26. The fraction of sp³-hybridized carbons (Fsp3) is 0.385. The van der Waals surface area contributed by atoms with Crippen LogP contribution in [0.15, 0.2) is 24.8 Å². The maximum absolute atomic E-state index is 9.73. The van der Waals surface area contributed by atoms with Gasteiger partial charge in [0.15, 0.2) is 11.5 Å². The maximum Gasteiger partial charge on any atom is 0.160 e. The third-order valence-corrected chi connectivity index (χ3v) is 3.19. The van der Waals surface area contributed by atoms with Crippen LogP contribution in [0.2, 0.25) is 0 Å². The summed E-state index contributed by atoms with van der Waals surface area (Å²) in [6.07, 6.45) is 2.88. The number of phenols is 1. The van der Waals surface area contributed by atoms with Gasteiger partial charge in [-0.1, -0.05) is 6.08 Å². The Morgan fingerprint density at radius 1 is 1.56 bits per heavy atom. The lowest BCUT2D eigenvalue weighted by atomic mass is 9.92. The summed E-state index contributed by atoms with van der Waals surface area (Å²) in [5, 5.41) is 9.73. The number of phenolic OH excluding ortho intramolecular Hbond substituents is 1. The van der Waals surface area contributed by atoms with Crippen LogP contribution < -0.4 is 4.74 Å². The average Bonchev–Trinajstić information content (AvgIpc) is 2.28. The van der Waals surface area contributed by atoms with Crippen molar-refractivity contribution in [1.29, 1.82) is 0 Å². The average molecular weight is 219 g/mol. The van der Waals surface area contributed by atoms with Gasteiger partial charge in [0.1, 0.15) is 0 Å². The Kier molecular flexibility index (Phi) is 2.88. The van der Waals surface area contributed by atoms with Gasteiger partial charge in [-0.2, -0.15) is 0 Å². The van der Waals surface area contributed by atoms with Gasteiger partial charge in [-0.3, -0.25) is 4.90 Å². The molecule has 1 aromatic carbocycles. The molecule has 0 fully saturated rings. The number of likely N-dealkylation sites (N-methyl/N-ethyl adjacent to an activating group) is 1. The summed E-state index contributed by atoms with van der Waals surface area (Å²) in [5.74, 6) is 0.745. The lowest BCUT2D eigenvalue weighted by Gasteiger charge is -2.32. The van der Waals surface area contributed by atoms with E-state index in [1.807, 2.05) is 12.1 Å². The molecule has 1 N–H and O–H groups in total. The first-order valence-corrected chi connectivity index (χ1v) is 5.40. The summed E-state index contributed by atoms with van der Waals surface area (Å²) in [5.41, 5.74) is 2.36. The fourth-order valence-corrected chi connectivity index (χ4v) is 2.26. The molecule has 0 spiro atoms. The van der Waals surface area contributed by atoms with Crippen molar-refractivity contribution in [2.45, 2.75) is 12.5 Å². The first-order valence-electron chi connectivity index (χ1n) is 5.40. The molecule has 0 radical (unpaired) electrons. The van der Waals surface area contributed by atoms with Crippen LogP contribution in [0.1, 0.15) is 17.2 Å². The van der Waals surface area contributed by atoms with Gasteiger partial charge < -0.3 is 9.84 Å². The predicted molar refractivity (Wildman–Crippen MR) is 63.9 cm³/mol. The summed E-state index contributed by atoms with van der Waals surface area (Å²) in [6, 6.07) is 3.92. The Morgan fingerprint density at radius 3 is 2.94 bits per heavy atom. The lowest BCUT2D eigenvalue weighted by molar-refractivity contribution is 0.270. The molecule has 0 saturated heterocycles. The zero-order chi connectivity index (χ0) is 11.7. The van der Waals surface area contributed by atoms with Gasteiger partial charge in [-0.25, -0.2) is 0 Å². The van der Waals surface area contributed by atoms with Crippen molar-refractivity contribution < 1.29 is 9.84 Å². The molecule has 16 heavy (non-hydrogen) atoms. The van der Waals surface area contributed by atoms with E-state index < -0.39 is 0 Å². The van der Waals surface area contributed by atoms with Gasteiger partial charge in [-0.15, -0.1) is 6.58 Å². The van der Waals surface area contributed by atoms with E-state index in [9.17, 15) is 5.11 Å². The highest BCUT2D eigenvalue weighted by Crippen LogP contribution is 2.37. The molecule has 1 atom stereocenters. The minimum absolute atomic E-state index is 0.207. The molecule has 0 saturated carbocycles. The summed E-state index contributed by atoms with van der Waals surface area (Å²) < 4.78 is 5.14. The van der Waals surface area contributed by atoms with Crippen LogP contribution in [-0.2, 0) is 6.42 Å². The molecule has 1 aliphatic rings. The van der Waals surface area contributed by atoms with E-state index in [1.165, 1.54) is 11.1 Å². The minimum atomic E-state index is 0.207. The highest BCUT2D eigenvalue weighted by molar-refractivity contribution is 5.49. The third kappa shape index (κ3) is 1.67. The molecular weight excluding hydrogens is 202 g/mol. The van der Waals surface area contributed by atoms with Crippen LogP contribution in [0.3, 0.4) is 0 Å². The van der Waals surface area contributed by atoms with Crippen LogP contribution >= 0.6 is 0 Å². The summed E-state index contributed by atoms with van der Waals surface area (Å²) in [6.45, 7) is 4.85. The standard InChI is InChI=1S/C13H17NO2/c1-4-11-10-8-13(16-3)12(15)7-9(10)5-6-14(11)2/h4,7-8,11,15H,1,5-6H2,2-3H3. The van der Waals surface area contributed by atoms with Crippen molar-refractivity contribution in [3.8, 4) is 11.5 Å². The van der Waals surface area contributed by atoms with Crippen molar-refractivity contribution in [2.75, 3.05) is 20.7 Å². The van der Waals surface area contributed by atoms with Gasteiger partial charge in [-0.05, 0) is 36.7 Å². The SMILES string of the molecule is C=CC1c2cc(OC)c(O)cc2CCN1C. The Labute approximate surface area is 96.0 Å². The van der Waals surface area contributed by atoms with E-state index in [0.29, 0.717) is 5.75 Å². The van der Waals surface area contributed by atoms with Crippen LogP contribution in [-0.4, -0.2) is 30.7 Å². The summed E-state index contributed by atoms with van der Waals surface area (Å²) >= 11 is 0. The number of hydrogen-bond donors (Lipinski definition) is 1. The summed E-state index contributed by atoms with van der Waals surface area (Å²) in [7, 11) is 3.64. The second-order valence-corrected chi connectivity index (χ2v) is 4.13. The smallest absolute Gasteiger partial charge is 0.160 e. The van der Waals surface area contributed by atoms with E-state index >= 15 is 0 Å². The number of benzene rings is 1. The number of ether oxygens (including phenoxy) is 1. The van der Waals surface area contributed by atoms with Crippen molar-refractivity contribution in [3.63, 3.8) is 0 Å². The molecule has 0 aliphatic carbocycles. The van der Waals surface area contributed by atoms with Crippen molar-refractivity contribution in [3.05, 3.63) is 35.9 Å². The summed E-state index contributed by atoms with van der Waals surface area (Å²) in [4.78, 5) is 2.24. The van der Waals surface area contributed by atoms with Crippen molar-refractivity contribution in [2.24, 2.45) is 0 Å². The predicted octanol–water partition coefficient (Wildman–Crippen LogP) is 2.12. The second-order valence-electron chi connectivity index (χ2n) is 4.13. The van der Waals surface area contributed by atoms with Crippen LogP contribution in [0.25, 0.3) is 0 Å². The number of methoxy groups -OCH3 is 1. The van der Waals surface area contributed by atoms with Crippen LogP contribution in [0.5, 0.6) is 11.5 Å². The zero-order valence-corrected chi connectivity index (χ0v) is 9.73. The Balaban J connectivity index is 2.52. The topological polar surface area (TPSA) is 32.7 Å². The number of rotatable bonds is 2. The van der Waals surface area contributed by atoms with Gasteiger partial charge in [0.05, 0.1) is 13.2 Å².